The van der Waals surface area contributed by atoms with Crippen molar-refractivity contribution in [2.24, 2.45) is 0 Å². The molecule has 0 aliphatic carbocycles. The minimum atomic E-state index is -0.804. The highest BCUT2D eigenvalue weighted by molar-refractivity contribution is 5.81. The van der Waals surface area contributed by atoms with E-state index < -0.39 is 5.97 Å². The molecule has 0 saturated carbocycles. The van der Waals surface area contributed by atoms with E-state index in [4.69, 9.17) is 9.84 Å². The number of hydrogen-bond donors (Lipinski definition) is 2. The number of carboxylic acid groups (broad SMARTS) is 1. The lowest BCUT2D eigenvalue weighted by Gasteiger charge is -2.29. The van der Waals surface area contributed by atoms with Crippen LogP contribution in [-0.4, -0.2) is 72.7 Å². The topological polar surface area (TPSA) is 82.1 Å². The summed E-state index contributed by atoms with van der Waals surface area (Å²) in [6, 6.07) is 7.56. The fourth-order valence-corrected chi connectivity index (χ4v) is 3.87. The summed E-state index contributed by atoms with van der Waals surface area (Å²) < 4.78 is 5.39. The van der Waals surface area contributed by atoms with Gasteiger partial charge in [0.25, 0.3) is 0 Å². The van der Waals surface area contributed by atoms with Crippen LogP contribution in [0.25, 0.3) is 0 Å². The Balaban J connectivity index is 1.93. The Kier molecular flexibility index (Phi) is 8.26. The number of nitrogens with zero attached hydrogens (tertiary/aromatic N) is 2. The van der Waals surface area contributed by atoms with E-state index in [0.717, 1.165) is 43.7 Å². The number of ether oxygens (including phenoxy) is 1. The number of para-hydroxylation sites is 1. The molecule has 0 bridgehead atoms. The van der Waals surface area contributed by atoms with E-state index in [9.17, 15) is 9.59 Å². The number of nitrogens with one attached hydrogen (secondary N) is 1. The minimum Gasteiger partial charge on any atom is -0.496 e. The first-order chi connectivity index (χ1) is 13.3. The molecule has 1 aromatic carbocycles. The second-order valence-corrected chi connectivity index (χ2v) is 7.58. The van der Waals surface area contributed by atoms with Gasteiger partial charge in [-0.3, -0.25) is 19.4 Å². The lowest BCUT2D eigenvalue weighted by Crippen LogP contribution is -2.46. The van der Waals surface area contributed by atoms with E-state index in [0.29, 0.717) is 0 Å². The number of hydrogen-bond acceptors (Lipinski definition) is 5. The maximum Gasteiger partial charge on any atom is 0.317 e. The molecule has 1 aliphatic rings. The zero-order valence-corrected chi connectivity index (χ0v) is 17.4. The summed E-state index contributed by atoms with van der Waals surface area (Å²) in [7, 11) is 3.49. The second-order valence-electron chi connectivity index (χ2n) is 7.58. The van der Waals surface area contributed by atoms with Crippen molar-refractivity contribution in [2.45, 2.75) is 51.2 Å². The van der Waals surface area contributed by atoms with Crippen molar-refractivity contribution in [1.82, 2.24) is 15.1 Å². The Morgan fingerprint density at radius 1 is 1.29 bits per heavy atom. The average molecular weight is 392 g/mol. The van der Waals surface area contributed by atoms with Crippen LogP contribution >= 0.6 is 0 Å². The third kappa shape index (κ3) is 5.94. The molecule has 1 aromatic rings. The number of rotatable bonds is 8. The Morgan fingerprint density at radius 2 is 2.00 bits per heavy atom. The van der Waals surface area contributed by atoms with Crippen molar-refractivity contribution in [2.75, 3.05) is 33.8 Å². The third-order valence-corrected chi connectivity index (χ3v) is 5.63. The Labute approximate surface area is 167 Å². The molecule has 28 heavy (non-hydrogen) atoms. The van der Waals surface area contributed by atoms with Crippen molar-refractivity contribution >= 4 is 11.9 Å². The molecule has 1 aliphatic heterocycles. The predicted molar refractivity (Wildman–Crippen MR) is 108 cm³/mol. The van der Waals surface area contributed by atoms with Crippen LogP contribution in [0.1, 0.15) is 44.7 Å². The van der Waals surface area contributed by atoms with Crippen molar-refractivity contribution in [3.8, 4) is 5.75 Å². The molecule has 1 heterocycles. The largest absolute Gasteiger partial charge is 0.496 e. The molecule has 2 N–H and O–H groups in total. The van der Waals surface area contributed by atoms with E-state index in [1.165, 1.54) is 0 Å². The first-order valence-corrected chi connectivity index (χ1v) is 9.92. The number of carbonyl (C=O) groups excluding carboxylic acids is 1. The SMILES string of the molecule is COc1ccccc1C(C)NC(=O)C(C)N1CCCC(N(C)CC(=O)O)CC1. The summed E-state index contributed by atoms with van der Waals surface area (Å²) >= 11 is 0. The number of aliphatic carboxylic acids is 1. The van der Waals surface area contributed by atoms with Crippen LogP contribution in [0.4, 0.5) is 0 Å². The maximum atomic E-state index is 12.8. The van der Waals surface area contributed by atoms with Crippen LogP contribution in [0.3, 0.4) is 0 Å². The van der Waals surface area contributed by atoms with Crippen molar-refractivity contribution in [1.29, 1.82) is 0 Å². The van der Waals surface area contributed by atoms with Crippen molar-refractivity contribution in [3.05, 3.63) is 29.8 Å². The number of amides is 1. The van der Waals surface area contributed by atoms with Crippen molar-refractivity contribution in [3.63, 3.8) is 0 Å². The number of carboxylic acids is 1. The molecule has 3 unspecified atom stereocenters. The second kappa shape index (κ2) is 10.4. The van der Waals surface area contributed by atoms with Crippen LogP contribution in [0, 0.1) is 0 Å². The van der Waals surface area contributed by atoms with E-state index in [1.807, 2.05) is 50.1 Å². The van der Waals surface area contributed by atoms with Gasteiger partial charge in [0, 0.05) is 18.2 Å². The summed E-state index contributed by atoms with van der Waals surface area (Å²) in [4.78, 5) is 27.9. The van der Waals surface area contributed by atoms with Gasteiger partial charge in [0.1, 0.15) is 5.75 Å². The molecule has 0 spiro atoms. The lowest BCUT2D eigenvalue weighted by molar-refractivity contribution is -0.138. The number of likely N-dealkylation sites (N-methyl/N-ethyl adjacent to an activating group) is 1. The predicted octanol–water partition coefficient (Wildman–Crippen LogP) is 2.13. The molecule has 1 amide bonds. The monoisotopic (exact) mass is 391 g/mol. The zero-order chi connectivity index (χ0) is 20.7. The summed E-state index contributed by atoms with van der Waals surface area (Å²) in [6.45, 7) is 5.58. The highest BCUT2D eigenvalue weighted by Crippen LogP contribution is 2.25. The fourth-order valence-electron chi connectivity index (χ4n) is 3.87. The highest BCUT2D eigenvalue weighted by atomic mass is 16.5. The highest BCUT2D eigenvalue weighted by Gasteiger charge is 2.27. The average Bonchev–Trinajstić information content (AvgIpc) is 2.93. The molecule has 3 atom stereocenters. The number of benzene rings is 1. The number of carbonyl (C=O) groups is 2. The smallest absolute Gasteiger partial charge is 0.317 e. The normalized spacial score (nSPS) is 20.2. The summed E-state index contributed by atoms with van der Waals surface area (Å²) in [5.41, 5.74) is 0.955. The van der Waals surface area contributed by atoms with E-state index in [2.05, 4.69) is 10.2 Å². The van der Waals surface area contributed by atoms with Gasteiger partial charge in [0.05, 0.1) is 25.7 Å². The van der Waals surface area contributed by atoms with Crippen LogP contribution in [0.15, 0.2) is 24.3 Å². The quantitative estimate of drug-likeness (QED) is 0.707. The van der Waals surface area contributed by atoms with Gasteiger partial charge in [-0.05, 0) is 52.8 Å². The summed E-state index contributed by atoms with van der Waals surface area (Å²) in [6.07, 6.45) is 2.77. The first-order valence-electron chi connectivity index (χ1n) is 9.92. The van der Waals surface area contributed by atoms with Crippen LogP contribution in [0.5, 0.6) is 5.75 Å². The molecule has 0 radical (unpaired) electrons. The van der Waals surface area contributed by atoms with Crippen LogP contribution in [-0.2, 0) is 9.59 Å². The van der Waals surface area contributed by atoms with Gasteiger partial charge in [-0.25, -0.2) is 0 Å². The van der Waals surface area contributed by atoms with Gasteiger partial charge in [-0.2, -0.15) is 0 Å². The molecular formula is C21H33N3O4. The van der Waals surface area contributed by atoms with Crippen LogP contribution in [0.2, 0.25) is 0 Å². The Bertz CT molecular complexity index is 667. The summed E-state index contributed by atoms with van der Waals surface area (Å²) in [5.74, 6) is -0.0422. The van der Waals surface area contributed by atoms with Gasteiger partial charge in [0.15, 0.2) is 0 Å². The molecule has 7 heteroatoms. The maximum absolute atomic E-state index is 12.8. The van der Waals surface area contributed by atoms with E-state index in [-0.39, 0.29) is 30.6 Å². The molecule has 1 fully saturated rings. The van der Waals surface area contributed by atoms with Crippen molar-refractivity contribution < 1.29 is 19.4 Å². The van der Waals surface area contributed by atoms with E-state index in [1.54, 1.807) is 7.11 Å². The molecular weight excluding hydrogens is 358 g/mol. The van der Waals surface area contributed by atoms with Gasteiger partial charge in [-0.1, -0.05) is 18.2 Å². The summed E-state index contributed by atoms with van der Waals surface area (Å²) in [5, 5.41) is 12.1. The van der Waals surface area contributed by atoms with Gasteiger partial charge >= 0.3 is 5.97 Å². The molecule has 7 nitrogen and oxygen atoms in total. The zero-order valence-electron chi connectivity index (χ0n) is 17.4. The minimum absolute atomic E-state index is 0.00394. The standard InChI is InChI=1S/C21H33N3O4/c1-15(18-9-5-6-10-19(18)28-4)22-21(27)16(2)24-12-7-8-17(11-13-24)23(3)14-20(25)26/h5-6,9-10,15-17H,7-8,11-14H2,1-4H3,(H,22,27)(H,25,26). The number of methoxy groups -OCH3 is 1. The number of likely N-dealkylation sites (tertiary alicyclic amines) is 1. The molecule has 2 rings (SSSR count). The molecule has 0 aromatic heterocycles. The van der Waals surface area contributed by atoms with Gasteiger partial charge < -0.3 is 15.2 Å². The fraction of sp³-hybridized carbons (Fsp3) is 0.619. The Morgan fingerprint density at radius 3 is 2.68 bits per heavy atom. The third-order valence-electron chi connectivity index (χ3n) is 5.63. The Hall–Kier alpha value is -2.12. The van der Waals surface area contributed by atoms with Crippen LogP contribution < -0.4 is 10.1 Å². The van der Waals surface area contributed by atoms with Gasteiger partial charge in [0.2, 0.25) is 5.91 Å². The van der Waals surface area contributed by atoms with Gasteiger partial charge in [-0.15, -0.1) is 0 Å². The molecule has 1 saturated heterocycles. The lowest BCUT2D eigenvalue weighted by atomic mass is 10.1. The first kappa shape index (κ1) is 22.2. The molecule has 156 valence electrons. The van der Waals surface area contributed by atoms with E-state index >= 15 is 0 Å².